The van der Waals surface area contributed by atoms with Crippen LogP contribution in [0, 0.1) is 12.7 Å². The summed E-state index contributed by atoms with van der Waals surface area (Å²) in [6.45, 7) is 4.31. The van der Waals surface area contributed by atoms with Gasteiger partial charge in [0, 0.05) is 5.41 Å². The van der Waals surface area contributed by atoms with Gasteiger partial charge in [-0.15, -0.1) is 0 Å². The maximum Gasteiger partial charge on any atom is 0.123 e. The normalized spacial score (nSPS) is 18.9. The zero-order chi connectivity index (χ0) is 15.3. The molecule has 0 bridgehead atoms. The molecular formula is C21H17F. The van der Waals surface area contributed by atoms with Gasteiger partial charge in [0.25, 0.3) is 0 Å². The molecule has 0 saturated heterocycles. The van der Waals surface area contributed by atoms with E-state index in [0.29, 0.717) is 0 Å². The van der Waals surface area contributed by atoms with E-state index in [2.05, 4.69) is 44.2 Å². The summed E-state index contributed by atoms with van der Waals surface area (Å²) in [5, 5.41) is 0. The van der Waals surface area contributed by atoms with Gasteiger partial charge in [-0.25, -0.2) is 4.39 Å². The van der Waals surface area contributed by atoms with Gasteiger partial charge in [-0.1, -0.05) is 60.2 Å². The summed E-state index contributed by atoms with van der Waals surface area (Å²) in [5.74, 6) is -0.176. The topological polar surface area (TPSA) is 0 Å². The Hall–Kier alpha value is -2.41. The molecule has 0 fully saturated rings. The summed E-state index contributed by atoms with van der Waals surface area (Å²) in [6, 6.07) is 22.1. The molecule has 0 saturated carbocycles. The largest absolute Gasteiger partial charge is 0.207 e. The molecule has 3 aromatic carbocycles. The van der Waals surface area contributed by atoms with Crippen LogP contribution in [0.5, 0.6) is 0 Å². The molecule has 1 unspecified atom stereocenters. The smallest absolute Gasteiger partial charge is 0.123 e. The quantitative estimate of drug-likeness (QED) is 0.557. The third kappa shape index (κ3) is 1.69. The van der Waals surface area contributed by atoms with E-state index in [9.17, 15) is 4.39 Å². The molecule has 22 heavy (non-hydrogen) atoms. The van der Waals surface area contributed by atoms with E-state index in [4.69, 9.17) is 0 Å². The number of aryl methyl sites for hydroxylation is 1. The van der Waals surface area contributed by atoms with Gasteiger partial charge in [0.1, 0.15) is 5.82 Å². The van der Waals surface area contributed by atoms with Crippen molar-refractivity contribution in [2.75, 3.05) is 0 Å². The van der Waals surface area contributed by atoms with Crippen LogP contribution in [-0.2, 0) is 5.41 Å². The molecule has 0 nitrogen and oxygen atoms in total. The molecule has 4 rings (SSSR count). The fourth-order valence-corrected chi connectivity index (χ4v) is 3.70. The zero-order valence-electron chi connectivity index (χ0n) is 12.7. The second kappa shape index (κ2) is 4.54. The Bertz CT molecular complexity index is 811. The minimum absolute atomic E-state index is 0.176. The van der Waals surface area contributed by atoms with Crippen LogP contribution in [-0.4, -0.2) is 0 Å². The minimum atomic E-state index is -0.306. The predicted molar refractivity (Wildman–Crippen MR) is 88.6 cm³/mol. The van der Waals surface area contributed by atoms with E-state index in [1.54, 1.807) is 12.1 Å². The highest BCUT2D eigenvalue weighted by atomic mass is 19.1. The molecule has 0 heterocycles. The molecule has 0 spiro atoms. The van der Waals surface area contributed by atoms with Gasteiger partial charge < -0.3 is 0 Å². The third-order valence-corrected chi connectivity index (χ3v) is 4.88. The molecule has 108 valence electrons. The summed E-state index contributed by atoms with van der Waals surface area (Å²) in [4.78, 5) is 0. The van der Waals surface area contributed by atoms with E-state index >= 15 is 0 Å². The molecule has 3 aromatic rings. The second-order valence-corrected chi connectivity index (χ2v) is 6.23. The summed E-state index contributed by atoms with van der Waals surface area (Å²) in [6.07, 6.45) is 0. The molecule has 0 N–H and O–H groups in total. The van der Waals surface area contributed by atoms with Crippen molar-refractivity contribution in [3.63, 3.8) is 0 Å². The van der Waals surface area contributed by atoms with Gasteiger partial charge in [0.15, 0.2) is 0 Å². The lowest BCUT2D eigenvalue weighted by Gasteiger charge is -2.28. The van der Waals surface area contributed by atoms with E-state index in [1.165, 1.54) is 22.3 Å². The Labute approximate surface area is 130 Å². The number of fused-ring (bicyclic) bond motifs is 3. The van der Waals surface area contributed by atoms with Crippen molar-refractivity contribution < 1.29 is 4.39 Å². The van der Waals surface area contributed by atoms with Crippen molar-refractivity contribution in [1.82, 2.24) is 0 Å². The molecule has 1 aliphatic rings. The molecule has 0 aromatic heterocycles. The first-order valence-electron chi connectivity index (χ1n) is 7.58. The Morgan fingerprint density at radius 3 is 2.14 bits per heavy atom. The number of rotatable bonds is 1. The molecule has 0 aliphatic heterocycles. The van der Waals surface area contributed by atoms with Gasteiger partial charge in [0.2, 0.25) is 0 Å². The molecule has 1 aliphatic carbocycles. The fraction of sp³-hybridized carbons (Fsp3) is 0.143. The first-order chi connectivity index (χ1) is 10.6. The lowest BCUT2D eigenvalue weighted by Crippen LogP contribution is -2.22. The highest BCUT2D eigenvalue weighted by Crippen LogP contribution is 2.52. The Kier molecular flexibility index (Phi) is 2.74. The fourth-order valence-electron chi connectivity index (χ4n) is 3.70. The second-order valence-electron chi connectivity index (χ2n) is 6.23. The monoisotopic (exact) mass is 288 g/mol. The first kappa shape index (κ1) is 13.3. The Morgan fingerprint density at radius 2 is 1.41 bits per heavy atom. The van der Waals surface area contributed by atoms with Crippen molar-refractivity contribution in [3.05, 3.63) is 94.8 Å². The number of hydrogen-bond donors (Lipinski definition) is 0. The van der Waals surface area contributed by atoms with Crippen LogP contribution in [0.4, 0.5) is 4.39 Å². The van der Waals surface area contributed by atoms with E-state index in [-0.39, 0.29) is 11.2 Å². The minimum Gasteiger partial charge on any atom is -0.207 e. The SMILES string of the molecule is Cc1ccc2c(c1)C(C)(c1ccccc1)c1cc(F)ccc1-2. The van der Waals surface area contributed by atoms with Crippen molar-refractivity contribution in [2.24, 2.45) is 0 Å². The zero-order valence-corrected chi connectivity index (χ0v) is 12.7. The van der Waals surface area contributed by atoms with Crippen molar-refractivity contribution in [1.29, 1.82) is 0 Å². The van der Waals surface area contributed by atoms with Crippen LogP contribution >= 0.6 is 0 Å². The summed E-state index contributed by atoms with van der Waals surface area (Å²) >= 11 is 0. The first-order valence-corrected chi connectivity index (χ1v) is 7.58. The summed E-state index contributed by atoms with van der Waals surface area (Å²) in [7, 11) is 0. The standard InChI is InChI=1S/C21H17F/c1-14-8-10-17-18-11-9-16(22)13-20(18)21(2,19(17)12-14)15-6-4-3-5-7-15/h3-13H,1-2H3. The summed E-state index contributed by atoms with van der Waals surface area (Å²) in [5.41, 5.74) is 6.80. The highest BCUT2D eigenvalue weighted by molar-refractivity contribution is 5.83. The molecule has 0 amide bonds. The van der Waals surface area contributed by atoms with E-state index in [1.807, 2.05) is 24.3 Å². The van der Waals surface area contributed by atoms with Gasteiger partial charge in [-0.05, 0) is 53.8 Å². The highest BCUT2D eigenvalue weighted by Gasteiger charge is 2.40. The van der Waals surface area contributed by atoms with Crippen molar-refractivity contribution in [2.45, 2.75) is 19.3 Å². The van der Waals surface area contributed by atoms with Crippen LogP contribution in [0.15, 0.2) is 66.7 Å². The average molecular weight is 288 g/mol. The van der Waals surface area contributed by atoms with Crippen molar-refractivity contribution in [3.8, 4) is 11.1 Å². The van der Waals surface area contributed by atoms with Crippen LogP contribution in [0.1, 0.15) is 29.2 Å². The molecular weight excluding hydrogens is 271 g/mol. The maximum absolute atomic E-state index is 13.9. The lowest BCUT2D eigenvalue weighted by molar-refractivity contribution is 0.618. The third-order valence-electron chi connectivity index (χ3n) is 4.88. The van der Waals surface area contributed by atoms with Gasteiger partial charge in [-0.3, -0.25) is 0 Å². The van der Waals surface area contributed by atoms with Gasteiger partial charge in [0.05, 0.1) is 0 Å². The Morgan fingerprint density at radius 1 is 0.773 bits per heavy atom. The summed E-state index contributed by atoms with van der Waals surface area (Å²) < 4.78 is 13.9. The van der Waals surface area contributed by atoms with Gasteiger partial charge >= 0.3 is 0 Å². The lowest BCUT2D eigenvalue weighted by atomic mass is 9.74. The maximum atomic E-state index is 13.9. The average Bonchev–Trinajstić information content (AvgIpc) is 2.78. The predicted octanol–water partition coefficient (Wildman–Crippen LogP) is 5.47. The van der Waals surface area contributed by atoms with Crippen molar-refractivity contribution >= 4 is 0 Å². The van der Waals surface area contributed by atoms with E-state index in [0.717, 1.165) is 11.1 Å². The molecule has 1 atom stereocenters. The molecule has 0 radical (unpaired) electrons. The van der Waals surface area contributed by atoms with Gasteiger partial charge in [-0.2, -0.15) is 0 Å². The molecule has 1 heteroatoms. The van der Waals surface area contributed by atoms with Crippen LogP contribution in [0.25, 0.3) is 11.1 Å². The van der Waals surface area contributed by atoms with Crippen LogP contribution in [0.3, 0.4) is 0 Å². The number of hydrogen-bond acceptors (Lipinski definition) is 0. The van der Waals surface area contributed by atoms with Crippen LogP contribution in [0.2, 0.25) is 0 Å². The Balaban J connectivity index is 2.11. The van der Waals surface area contributed by atoms with Crippen LogP contribution < -0.4 is 0 Å². The number of halogens is 1. The number of benzene rings is 3. The van der Waals surface area contributed by atoms with E-state index < -0.39 is 0 Å².